The lowest BCUT2D eigenvalue weighted by atomic mass is 9.90. The standard InChI is InChI=1S/C39H32Si/c1-2-12-26-24-37-32(36-23-25-13-3-4-14-27(25)28-15-5-6-18-31(28)36)21-11-22-35(37)38(26)40-39-33-19-9-7-16-29(33)30-17-8-10-20-34(30)39/h3-11,13-24,38-39H,2,12,40H2,1H3. The van der Waals surface area contributed by atoms with Crippen molar-refractivity contribution in [2.24, 2.45) is 0 Å². The lowest BCUT2D eigenvalue weighted by Gasteiger charge is -2.22. The lowest BCUT2D eigenvalue weighted by molar-refractivity contribution is 0.866. The topological polar surface area (TPSA) is 0 Å². The van der Waals surface area contributed by atoms with E-state index in [1.807, 2.05) is 0 Å². The molecule has 192 valence electrons. The van der Waals surface area contributed by atoms with Gasteiger partial charge in [-0.1, -0.05) is 140 Å². The summed E-state index contributed by atoms with van der Waals surface area (Å²) in [6.45, 7) is 2.33. The van der Waals surface area contributed by atoms with Gasteiger partial charge in [-0.05, 0) is 89.6 Å². The first-order chi connectivity index (χ1) is 19.8. The quantitative estimate of drug-likeness (QED) is 0.154. The molecule has 0 nitrogen and oxygen atoms in total. The van der Waals surface area contributed by atoms with Gasteiger partial charge in [0.25, 0.3) is 0 Å². The van der Waals surface area contributed by atoms with Crippen molar-refractivity contribution < 1.29 is 0 Å². The van der Waals surface area contributed by atoms with Crippen molar-refractivity contribution in [3.8, 4) is 22.3 Å². The zero-order valence-corrected chi connectivity index (χ0v) is 24.3. The van der Waals surface area contributed by atoms with E-state index < -0.39 is 9.52 Å². The molecule has 1 atom stereocenters. The molecule has 0 saturated heterocycles. The third-order valence-corrected chi connectivity index (χ3v) is 12.1. The molecule has 0 aromatic heterocycles. The Morgan fingerprint density at radius 2 is 1.12 bits per heavy atom. The van der Waals surface area contributed by atoms with Crippen LogP contribution in [0.15, 0.2) is 127 Å². The van der Waals surface area contributed by atoms with E-state index in [9.17, 15) is 0 Å². The molecule has 0 fully saturated rings. The molecule has 0 amide bonds. The minimum atomic E-state index is -0.568. The maximum absolute atomic E-state index is 2.59. The zero-order chi connectivity index (χ0) is 26.6. The number of allylic oxidation sites excluding steroid dienone is 1. The maximum Gasteiger partial charge on any atom is 0.0479 e. The lowest BCUT2D eigenvalue weighted by Crippen LogP contribution is -2.17. The van der Waals surface area contributed by atoms with E-state index >= 15 is 0 Å². The summed E-state index contributed by atoms with van der Waals surface area (Å²) in [5.74, 6) is 0. The number of hydrogen-bond donors (Lipinski definition) is 0. The SMILES string of the molecule is CCCC1=Cc2c(-c3cc4ccccc4c4ccccc34)cccc2C1[SiH2]C1c2ccccc2-c2ccccc21. The molecule has 2 aliphatic rings. The zero-order valence-electron chi connectivity index (χ0n) is 22.9. The predicted molar refractivity (Wildman–Crippen MR) is 175 cm³/mol. The second-order valence-electron chi connectivity index (χ2n) is 11.5. The van der Waals surface area contributed by atoms with E-state index in [2.05, 4.69) is 134 Å². The summed E-state index contributed by atoms with van der Waals surface area (Å²) >= 11 is 0. The van der Waals surface area contributed by atoms with Crippen LogP contribution in [0, 0.1) is 0 Å². The van der Waals surface area contributed by atoms with Crippen LogP contribution in [0.4, 0.5) is 0 Å². The van der Waals surface area contributed by atoms with Crippen molar-refractivity contribution in [2.75, 3.05) is 0 Å². The van der Waals surface area contributed by atoms with Crippen molar-refractivity contribution in [3.63, 3.8) is 0 Å². The fraction of sp³-hybridized carbons (Fsp3) is 0.128. The second-order valence-corrected chi connectivity index (χ2v) is 13.6. The Morgan fingerprint density at radius 3 is 1.88 bits per heavy atom. The fourth-order valence-electron chi connectivity index (χ4n) is 7.61. The van der Waals surface area contributed by atoms with E-state index in [1.54, 1.807) is 22.3 Å². The average Bonchev–Trinajstić information content (AvgIpc) is 3.52. The predicted octanol–water partition coefficient (Wildman–Crippen LogP) is 9.84. The van der Waals surface area contributed by atoms with Crippen LogP contribution in [0.1, 0.15) is 53.1 Å². The largest absolute Gasteiger partial charge is 0.0654 e. The van der Waals surface area contributed by atoms with E-state index in [4.69, 9.17) is 0 Å². The van der Waals surface area contributed by atoms with E-state index in [-0.39, 0.29) is 0 Å². The van der Waals surface area contributed by atoms with Crippen LogP contribution in [0.3, 0.4) is 0 Å². The number of benzene rings is 6. The highest BCUT2D eigenvalue weighted by molar-refractivity contribution is 6.44. The molecule has 0 saturated carbocycles. The second kappa shape index (κ2) is 9.47. The Bertz CT molecular complexity index is 1910. The Hall–Kier alpha value is -4.20. The molecule has 0 N–H and O–H groups in total. The Morgan fingerprint density at radius 1 is 0.525 bits per heavy atom. The first-order valence-electron chi connectivity index (χ1n) is 14.7. The molecule has 1 unspecified atom stereocenters. The van der Waals surface area contributed by atoms with Crippen molar-refractivity contribution >= 4 is 37.1 Å². The molecule has 0 spiro atoms. The summed E-state index contributed by atoms with van der Waals surface area (Å²) in [6.07, 6.45) is 4.96. The Balaban J connectivity index is 1.29. The molecule has 0 aliphatic heterocycles. The van der Waals surface area contributed by atoms with Crippen LogP contribution >= 0.6 is 0 Å². The van der Waals surface area contributed by atoms with Crippen LogP contribution in [0.2, 0.25) is 0 Å². The summed E-state index contributed by atoms with van der Waals surface area (Å²) in [5.41, 5.74) is 14.6. The first-order valence-corrected chi connectivity index (χ1v) is 16.4. The van der Waals surface area contributed by atoms with E-state index in [0.717, 1.165) is 0 Å². The van der Waals surface area contributed by atoms with Crippen molar-refractivity contribution in [2.45, 2.75) is 30.8 Å². The minimum Gasteiger partial charge on any atom is -0.0654 e. The van der Waals surface area contributed by atoms with Gasteiger partial charge in [0.1, 0.15) is 0 Å². The molecule has 0 bridgehead atoms. The molecule has 2 aliphatic carbocycles. The Labute approximate surface area is 238 Å². The van der Waals surface area contributed by atoms with Crippen LogP contribution < -0.4 is 0 Å². The molecular weight excluding hydrogens is 497 g/mol. The summed E-state index contributed by atoms with van der Waals surface area (Å²) in [4.78, 5) is 0. The van der Waals surface area contributed by atoms with Gasteiger partial charge in [-0.15, -0.1) is 0 Å². The number of rotatable bonds is 5. The van der Waals surface area contributed by atoms with Crippen LogP contribution in [-0.2, 0) is 0 Å². The smallest absolute Gasteiger partial charge is 0.0479 e. The van der Waals surface area contributed by atoms with Gasteiger partial charge in [0.2, 0.25) is 0 Å². The van der Waals surface area contributed by atoms with Crippen LogP contribution in [0.5, 0.6) is 0 Å². The molecule has 0 radical (unpaired) electrons. The van der Waals surface area contributed by atoms with Gasteiger partial charge in [-0.2, -0.15) is 0 Å². The van der Waals surface area contributed by atoms with Gasteiger partial charge in [-0.3, -0.25) is 0 Å². The number of hydrogen-bond acceptors (Lipinski definition) is 0. The van der Waals surface area contributed by atoms with E-state index in [1.165, 1.54) is 62.2 Å². The number of fused-ring (bicyclic) bond motifs is 7. The van der Waals surface area contributed by atoms with Crippen molar-refractivity contribution in [1.29, 1.82) is 0 Å². The third kappa shape index (κ3) is 3.58. The van der Waals surface area contributed by atoms with Crippen molar-refractivity contribution in [1.82, 2.24) is 0 Å². The molecule has 0 heterocycles. The van der Waals surface area contributed by atoms with Gasteiger partial charge in [0.05, 0.1) is 0 Å². The summed E-state index contributed by atoms with van der Waals surface area (Å²) in [6, 6.07) is 45.7. The molecule has 1 heteroatoms. The Kier molecular flexibility index (Phi) is 5.60. The highest BCUT2D eigenvalue weighted by atomic mass is 28.2. The summed E-state index contributed by atoms with van der Waals surface area (Å²) in [7, 11) is -0.568. The summed E-state index contributed by atoms with van der Waals surface area (Å²) < 4.78 is 0. The monoisotopic (exact) mass is 528 g/mol. The molecule has 6 aromatic carbocycles. The molecular formula is C39H32Si. The van der Waals surface area contributed by atoms with Gasteiger partial charge in [-0.25, -0.2) is 0 Å². The highest BCUT2D eigenvalue weighted by Gasteiger charge is 2.35. The average molecular weight is 529 g/mol. The van der Waals surface area contributed by atoms with Gasteiger partial charge >= 0.3 is 0 Å². The van der Waals surface area contributed by atoms with Gasteiger partial charge < -0.3 is 0 Å². The normalized spacial score (nSPS) is 16.0. The minimum absolute atomic E-state index is 0.564. The fourth-order valence-corrected chi connectivity index (χ4v) is 10.5. The summed E-state index contributed by atoms with van der Waals surface area (Å²) in [5, 5.41) is 5.34. The first kappa shape index (κ1) is 23.7. The van der Waals surface area contributed by atoms with Gasteiger partial charge in [0, 0.05) is 9.52 Å². The van der Waals surface area contributed by atoms with Gasteiger partial charge in [0.15, 0.2) is 0 Å². The molecule has 6 aromatic rings. The highest BCUT2D eigenvalue weighted by Crippen LogP contribution is 2.50. The van der Waals surface area contributed by atoms with E-state index in [0.29, 0.717) is 11.1 Å². The third-order valence-electron chi connectivity index (χ3n) is 9.32. The molecule has 40 heavy (non-hydrogen) atoms. The van der Waals surface area contributed by atoms with Crippen molar-refractivity contribution in [3.05, 3.63) is 149 Å². The molecule has 8 rings (SSSR count). The maximum atomic E-state index is 2.59. The van der Waals surface area contributed by atoms with Crippen LogP contribution in [-0.4, -0.2) is 9.52 Å². The van der Waals surface area contributed by atoms with Crippen LogP contribution in [0.25, 0.3) is 49.9 Å².